The number of hydrogen-bond acceptors (Lipinski definition) is 3. The topological polar surface area (TPSA) is 48.9 Å². The number of nitrogens with zero attached hydrogens (tertiary/aromatic N) is 2. The Morgan fingerprint density at radius 2 is 1.85 bits per heavy atom. The van der Waals surface area contributed by atoms with E-state index in [0.717, 1.165) is 23.4 Å². The van der Waals surface area contributed by atoms with Crippen LogP contribution in [0.5, 0.6) is 5.75 Å². The van der Waals surface area contributed by atoms with Crippen molar-refractivity contribution in [2.75, 3.05) is 34.3 Å². The minimum absolute atomic E-state index is 0.240. The maximum absolute atomic E-state index is 13.2. The molecule has 0 aromatic heterocycles. The van der Waals surface area contributed by atoms with Crippen molar-refractivity contribution in [3.8, 4) is 5.75 Å². The molecule has 0 heterocycles. The van der Waals surface area contributed by atoms with Crippen LogP contribution >= 0.6 is 0 Å². The molecule has 0 aliphatic carbocycles. The lowest BCUT2D eigenvalue weighted by atomic mass is 10.2. The second-order valence-electron chi connectivity index (χ2n) is 6.17. The highest BCUT2D eigenvalue weighted by Gasteiger charge is 2.05. The lowest BCUT2D eigenvalue weighted by Gasteiger charge is -2.16. The normalized spacial score (nSPS) is 11.5. The van der Waals surface area contributed by atoms with E-state index in [1.54, 1.807) is 13.1 Å². The molecule has 0 unspecified atom stereocenters. The molecule has 0 atom stereocenters. The summed E-state index contributed by atoms with van der Waals surface area (Å²) in [6, 6.07) is 14.5. The van der Waals surface area contributed by atoms with Crippen LogP contribution in [0.25, 0.3) is 0 Å². The molecule has 2 rings (SSSR count). The van der Waals surface area contributed by atoms with Crippen molar-refractivity contribution >= 4 is 5.96 Å². The van der Waals surface area contributed by atoms with Crippen LogP contribution in [0.1, 0.15) is 11.1 Å². The van der Waals surface area contributed by atoms with Gasteiger partial charge in [-0.25, -0.2) is 4.39 Å². The summed E-state index contributed by atoms with van der Waals surface area (Å²) >= 11 is 0. The fraction of sp³-hybridized carbons (Fsp3) is 0.350. The molecule has 0 aliphatic heterocycles. The maximum Gasteiger partial charge on any atom is 0.191 e. The predicted octanol–water partition coefficient (Wildman–Crippen LogP) is 2.63. The van der Waals surface area contributed by atoms with Gasteiger partial charge in [0.25, 0.3) is 0 Å². The zero-order valence-corrected chi connectivity index (χ0v) is 15.6. The maximum atomic E-state index is 13.2. The number of aliphatic imine (C=N–C) groups is 1. The molecule has 2 aromatic carbocycles. The number of benzene rings is 2. The molecule has 140 valence electrons. The van der Waals surface area contributed by atoms with Crippen molar-refractivity contribution in [1.29, 1.82) is 0 Å². The Hall–Kier alpha value is -2.60. The van der Waals surface area contributed by atoms with Crippen LogP contribution in [-0.4, -0.2) is 45.2 Å². The minimum atomic E-state index is -0.240. The molecule has 5 nitrogen and oxygen atoms in total. The van der Waals surface area contributed by atoms with Crippen molar-refractivity contribution < 1.29 is 9.13 Å². The van der Waals surface area contributed by atoms with Gasteiger partial charge in [-0.2, -0.15) is 0 Å². The molecule has 2 N–H and O–H groups in total. The van der Waals surface area contributed by atoms with Crippen LogP contribution in [0.4, 0.5) is 4.39 Å². The van der Waals surface area contributed by atoms with E-state index in [2.05, 4.69) is 20.5 Å². The number of likely N-dealkylation sites (N-methyl/N-ethyl adjacent to an activating group) is 1. The van der Waals surface area contributed by atoms with Gasteiger partial charge in [0.1, 0.15) is 18.2 Å². The molecule has 0 fully saturated rings. The summed E-state index contributed by atoms with van der Waals surface area (Å²) in [6.45, 7) is 2.58. The Kier molecular flexibility index (Phi) is 7.89. The molecule has 0 aliphatic rings. The first kappa shape index (κ1) is 19.7. The smallest absolute Gasteiger partial charge is 0.191 e. The van der Waals surface area contributed by atoms with Gasteiger partial charge in [-0.1, -0.05) is 30.3 Å². The lowest BCUT2D eigenvalue weighted by molar-refractivity contribution is 0.259. The highest BCUT2D eigenvalue weighted by atomic mass is 19.1. The number of halogens is 1. The molecule has 0 saturated carbocycles. The molecule has 6 heteroatoms. The average Bonchev–Trinajstić information content (AvgIpc) is 2.62. The fourth-order valence-corrected chi connectivity index (χ4v) is 2.36. The zero-order valence-electron chi connectivity index (χ0n) is 15.6. The second-order valence-corrected chi connectivity index (χ2v) is 6.17. The number of rotatable bonds is 8. The van der Waals surface area contributed by atoms with Gasteiger partial charge < -0.3 is 20.3 Å². The summed E-state index contributed by atoms with van der Waals surface area (Å²) in [6.07, 6.45) is 0. The van der Waals surface area contributed by atoms with Crippen LogP contribution in [0.15, 0.2) is 53.5 Å². The molecule has 26 heavy (non-hydrogen) atoms. The van der Waals surface area contributed by atoms with E-state index in [1.165, 1.54) is 12.1 Å². The van der Waals surface area contributed by atoms with Gasteiger partial charge in [-0.15, -0.1) is 0 Å². The van der Waals surface area contributed by atoms with Crippen molar-refractivity contribution in [2.24, 2.45) is 4.99 Å². The van der Waals surface area contributed by atoms with Crippen molar-refractivity contribution in [1.82, 2.24) is 15.5 Å². The third kappa shape index (κ3) is 6.72. The summed E-state index contributed by atoms with van der Waals surface area (Å²) in [4.78, 5) is 6.29. The second kappa shape index (κ2) is 10.4. The first-order chi connectivity index (χ1) is 12.6. The van der Waals surface area contributed by atoms with Gasteiger partial charge in [-0.05, 0) is 37.9 Å². The zero-order chi connectivity index (χ0) is 18.8. The first-order valence-electron chi connectivity index (χ1n) is 8.63. The van der Waals surface area contributed by atoms with E-state index in [1.807, 2.05) is 44.4 Å². The molecule has 0 spiro atoms. The van der Waals surface area contributed by atoms with E-state index in [0.29, 0.717) is 25.7 Å². The number of para-hydroxylation sites is 1. The molecule has 0 bridgehead atoms. The highest BCUT2D eigenvalue weighted by molar-refractivity contribution is 5.79. The highest BCUT2D eigenvalue weighted by Crippen LogP contribution is 2.17. The molecule has 0 radical (unpaired) electrons. The Balaban J connectivity index is 1.88. The van der Waals surface area contributed by atoms with E-state index in [4.69, 9.17) is 4.74 Å². The minimum Gasteiger partial charge on any atom is -0.492 e. The summed E-state index contributed by atoms with van der Waals surface area (Å²) in [5.74, 6) is 1.27. The van der Waals surface area contributed by atoms with Gasteiger partial charge in [0.05, 0.1) is 0 Å². The fourth-order valence-electron chi connectivity index (χ4n) is 2.36. The van der Waals surface area contributed by atoms with Gasteiger partial charge in [-0.3, -0.25) is 4.99 Å². The number of hydrogen-bond donors (Lipinski definition) is 2. The van der Waals surface area contributed by atoms with Crippen molar-refractivity contribution in [3.63, 3.8) is 0 Å². The van der Waals surface area contributed by atoms with Gasteiger partial charge in [0, 0.05) is 32.2 Å². The van der Waals surface area contributed by atoms with Crippen LogP contribution in [0, 0.1) is 5.82 Å². The quantitative estimate of drug-likeness (QED) is 0.563. The van der Waals surface area contributed by atoms with Crippen LogP contribution < -0.4 is 15.4 Å². The summed E-state index contributed by atoms with van der Waals surface area (Å²) in [5, 5.41) is 6.45. The van der Waals surface area contributed by atoms with Gasteiger partial charge >= 0.3 is 0 Å². The largest absolute Gasteiger partial charge is 0.492 e. The Morgan fingerprint density at radius 3 is 2.58 bits per heavy atom. The van der Waals surface area contributed by atoms with Crippen LogP contribution in [0.3, 0.4) is 0 Å². The third-order valence-corrected chi connectivity index (χ3v) is 3.79. The number of guanidine groups is 1. The summed E-state index contributed by atoms with van der Waals surface area (Å²) in [7, 11) is 5.75. The molecule has 0 saturated heterocycles. The van der Waals surface area contributed by atoms with Crippen molar-refractivity contribution in [2.45, 2.75) is 13.1 Å². The summed E-state index contributed by atoms with van der Waals surface area (Å²) in [5.41, 5.74) is 1.92. The average molecular weight is 358 g/mol. The first-order valence-corrected chi connectivity index (χ1v) is 8.63. The Bertz CT molecular complexity index is 718. The lowest BCUT2D eigenvalue weighted by Crippen LogP contribution is -2.36. The van der Waals surface area contributed by atoms with Crippen LogP contribution in [0.2, 0.25) is 0 Å². The van der Waals surface area contributed by atoms with Crippen molar-refractivity contribution in [3.05, 3.63) is 65.5 Å². The van der Waals surface area contributed by atoms with Gasteiger partial charge in [0.2, 0.25) is 0 Å². The SMILES string of the molecule is CN=C(NCc1cccc(F)c1)NCc1ccccc1OCCN(C)C. The number of ether oxygens (including phenoxy) is 1. The Morgan fingerprint density at radius 1 is 1.08 bits per heavy atom. The molecule has 2 aromatic rings. The van der Waals surface area contributed by atoms with E-state index in [9.17, 15) is 4.39 Å². The summed E-state index contributed by atoms with van der Waals surface area (Å²) < 4.78 is 19.1. The predicted molar refractivity (Wildman–Crippen MR) is 104 cm³/mol. The Labute approximate surface area is 154 Å². The molecule has 0 amide bonds. The monoisotopic (exact) mass is 358 g/mol. The third-order valence-electron chi connectivity index (χ3n) is 3.79. The van der Waals surface area contributed by atoms with Gasteiger partial charge in [0.15, 0.2) is 5.96 Å². The van der Waals surface area contributed by atoms with Crippen LogP contribution in [-0.2, 0) is 13.1 Å². The van der Waals surface area contributed by atoms with E-state index < -0.39 is 0 Å². The van der Waals surface area contributed by atoms with E-state index in [-0.39, 0.29) is 5.82 Å². The molecular formula is C20H27FN4O. The number of nitrogens with one attached hydrogen (secondary N) is 2. The molecular weight excluding hydrogens is 331 g/mol. The van der Waals surface area contributed by atoms with E-state index >= 15 is 0 Å². The standard InChI is InChI=1S/C20H27FN4O/c1-22-20(23-14-16-7-6-9-18(21)13-16)24-15-17-8-4-5-10-19(17)26-12-11-25(2)3/h4-10,13H,11-12,14-15H2,1-3H3,(H2,22,23,24).